The first-order chi connectivity index (χ1) is 8.70. The summed E-state index contributed by atoms with van der Waals surface area (Å²) in [4.78, 5) is 0. The number of halogens is 1. The highest BCUT2D eigenvalue weighted by Crippen LogP contribution is 2.26. The summed E-state index contributed by atoms with van der Waals surface area (Å²) in [5, 5.41) is 10.2. The lowest BCUT2D eigenvalue weighted by molar-refractivity contribution is 0.299. The summed E-state index contributed by atoms with van der Waals surface area (Å²) >= 11 is 6.00. The van der Waals surface area contributed by atoms with E-state index in [2.05, 4.69) is 6.92 Å². The number of aryl methyl sites for hydroxylation is 1. The maximum Gasteiger partial charge on any atom is 0.123 e. The largest absolute Gasteiger partial charge is 0.507 e. The summed E-state index contributed by atoms with van der Waals surface area (Å²) in [7, 11) is 0. The van der Waals surface area contributed by atoms with Crippen molar-refractivity contribution in [2.75, 3.05) is 0 Å². The summed E-state index contributed by atoms with van der Waals surface area (Å²) < 4.78 is 5.61. The van der Waals surface area contributed by atoms with Gasteiger partial charge in [-0.05, 0) is 36.2 Å². The van der Waals surface area contributed by atoms with Crippen LogP contribution in [0.4, 0.5) is 0 Å². The first kappa shape index (κ1) is 12.8. The fourth-order valence-electron chi connectivity index (χ4n) is 1.67. The lowest BCUT2D eigenvalue weighted by atomic mass is 10.2. The van der Waals surface area contributed by atoms with Crippen molar-refractivity contribution < 1.29 is 9.84 Å². The molecule has 0 aromatic heterocycles. The molecule has 0 bridgehead atoms. The molecule has 3 heteroatoms. The predicted molar refractivity (Wildman–Crippen MR) is 73.3 cm³/mol. The third-order valence-corrected chi connectivity index (χ3v) is 3.16. The Labute approximate surface area is 112 Å². The fraction of sp³-hybridized carbons (Fsp3) is 0.200. The molecule has 0 aliphatic heterocycles. The van der Waals surface area contributed by atoms with Crippen LogP contribution in [-0.2, 0) is 13.0 Å². The topological polar surface area (TPSA) is 29.5 Å². The van der Waals surface area contributed by atoms with Gasteiger partial charge in [-0.1, -0.05) is 36.7 Å². The van der Waals surface area contributed by atoms with Crippen LogP contribution in [0, 0.1) is 0 Å². The molecular formula is C15H15ClO2. The highest BCUT2D eigenvalue weighted by molar-refractivity contribution is 6.31. The molecule has 0 unspecified atom stereocenters. The number of benzene rings is 2. The van der Waals surface area contributed by atoms with E-state index >= 15 is 0 Å². The second-order valence-corrected chi connectivity index (χ2v) is 4.43. The summed E-state index contributed by atoms with van der Waals surface area (Å²) in [6.45, 7) is 2.37. The quantitative estimate of drug-likeness (QED) is 0.895. The van der Waals surface area contributed by atoms with Crippen LogP contribution < -0.4 is 4.74 Å². The molecular weight excluding hydrogens is 248 g/mol. The van der Waals surface area contributed by atoms with Crippen molar-refractivity contribution in [1.82, 2.24) is 0 Å². The number of phenols is 1. The molecule has 0 radical (unpaired) electrons. The van der Waals surface area contributed by atoms with Crippen molar-refractivity contribution >= 4 is 11.6 Å². The number of rotatable bonds is 4. The Morgan fingerprint density at radius 1 is 1.11 bits per heavy atom. The van der Waals surface area contributed by atoms with E-state index < -0.39 is 0 Å². The summed E-state index contributed by atoms with van der Waals surface area (Å²) in [5.74, 6) is 0.930. The van der Waals surface area contributed by atoms with Crippen molar-refractivity contribution in [1.29, 1.82) is 0 Å². The SMILES string of the molecule is CCc1ccc(OCc2c(O)cccc2Cl)cc1. The molecule has 2 nitrogen and oxygen atoms in total. The highest BCUT2D eigenvalue weighted by Gasteiger charge is 2.06. The monoisotopic (exact) mass is 262 g/mol. The third-order valence-electron chi connectivity index (χ3n) is 2.81. The second-order valence-electron chi connectivity index (χ2n) is 4.02. The Morgan fingerprint density at radius 3 is 2.44 bits per heavy atom. The Morgan fingerprint density at radius 2 is 1.83 bits per heavy atom. The predicted octanol–water partition coefficient (Wildman–Crippen LogP) is 4.19. The average molecular weight is 263 g/mol. The molecule has 0 atom stereocenters. The first-order valence-electron chi connectivity index (χ1n) is 5.88. The number of hydrogen-bond donors (Lipinski definition) is 1. The van der Waals surface area contributed by atoms with Crippen molar-refractivity contribution in [3.8, 4) is 11.5 Å². The molecule has 0 saturated carbocycles. The first-order valence-corrected chi connectivity index (χ1v) is 6.26. The summed E-state index contributed by atoms with van der Waals surface area (Å²) in [6, 6.07) is 12.9. The van der Waals surface area contributed by atoms with Gasteiger partial charge in [0.1, 0.15) is 18.1 Å². The zero-order chi connectivity index (χ0) is 13.0. The van der Waals surface area contributed by atoms with Gasteiger partial charge in [0.15, 0.2) is 0 Å². The lowest BCUT2D eigenvalue weighted by Crippen LogP contribution is -1.97. The number of phenolic OH excluding ortho intramolecular Hbond substituents is 1. The van der Waals surface area contributed by atoms with Gasteiger partial charge in [-0.15, -0.1) is 0 Å². The molecule has 0 saturated heterocycles. The molecule has 2 aromatic rings. The van der Waals surface area contributed by atoms with Crippen LogP contribution >= 0.6 is 11.6 Å². The zero-order valence-electron chi connectivity index (χ0n) is 10.2. The van der Waals surface area contributed by atoms with Gasteiger partial charge in [-0.2, -0.15) is 0 Å². The average Bonchev–Trinajstić information content (AvgIpc) is 2.39. The Hall–Kier alpha value is -1.67. The summed E-state index contributed by atoms with van der Waals surface area (Å²) in [6.07, 6.45) is 1.01. The van der Waals surface area contributed by atoms with Crippen LogP contribution in [0.25, 0.3) is 0 Å². The van der Waals surface area contributed by atoms with E-state index in [0.29, 0.717) is 10.6 Å². The molecule has 0 amide bonds. The van der Waals surface area contributed by atoms with Gasteiger partial charge in [0.2, 0.25) is 0 Å². The van der Waals surface area contributed by atoms with Gasteiger partial charge in [0.25, 0.3) is 0 Å². The molecule has 1 N–H and O–H groups in total. The summed E-state index contributed by atoms with van der Waals surface area (Å²) in [5.41, 5.74) is 1.88. The van der Waals surface area contributed by atoms with Crippen molar-refractivity contribution in [3.63, 3.8) is 0 Å². The van der Waals surface area contributed by atoms with Gasteiger partial charge in [-0.25, -0.2) is 0 Å². The standard InChI is InChI=1S/C15H15ClO2/c1-2-11-6-8-12(9-7-11)18-10-13-14(16)4-3-5-15(13)17/h3-9,17H,2,10H2,1H3. The van der Waals surface area contributed by atoms with Crippen LogP contribution in [0.5, 0.6) is 11.5 Å². The van der Waals surface area contributed by atoms with Gasteiger partial charge in [-0.3, -0.25) is 0 Å². The minimum absolute atomic E-state index is 0.160. The van der Waals surface area contributed by atoms with E-state index in [4.69, 9.17) is 16.3 Å². The normalized spacial score (nSPS) is 10.3. The van der Waals surface area contributed by atoms with E-state index in [9.17, 15) is 5.11 Å². The maximum absolute atomic E-state index is 9.69. The molecule has 2 rings (SSSR count). The molecule has 0 fully saturated rings. The van der Waals surface area contributed by atoms with Crippen molar-refractivity contribution in [2.24, 2.45) is 0 Å². The Kier molecular flexibility index (Phi) is 4.11. The highest BCUT2D eigenvalue weighted by atomic mass is 35.5. The van der Waals surface area contributed by atoms with Crippen LogP contribution in [0.2, 0.25) is 5.02 Å². The molecule has 0 heterocycles. The van der Waals surface area contributed by atoms with Crippen LogP contribution in [0.1, 0.15) is 18.1 Å². The van der Waals surface area contributed by atoms with Gasteiger partial charge >= 0.3 is 0 Å². The molecule has 18 heavy (non-hydrogen) atoms. The van der Waals surface area contributed by atoms with Crippen molar-refractivity contribution in [3.05, 3.63) is 58.6 Å². The van der Waals surface area contributed by atoms with E-state index in [-0.39, 0.29) is 12.4 Å². The Bertz CT molecular complexity index is 500. The molecule has 0 spiro atoms. The number of aromatic hydroxyl groups is 1. The molecule has 2 aromatic carbocycles. The van der Waals surface area contributed by atoms with E-state index in [1.807, 2.05) is 24.3 Å². The van der Waals surface area contributed by atoms with Crippen molar-refractivity contribution in [2.45, 2.75) is 20.0 Å². The van der Waals surface area contributed by atoms with Gasteiger partial charge < -0.3 is 9.84 Å². The Balaban J connectivity index is 2.06. The fourth-order valence-corrected chi connectivity index (χ4v) is 1.89. The van der Waals surface area contributed by atoms with Gasteiger partial charge in [0.05, 0.1) is 5.02 Å². The minimum Gasteiger partial charge on any atom is -0.507 e. The lowest BCUT2D eigenvalue weighted by Gasteiger charge is -2.09. The number of hydrogen-bond acceptors (Lipinski definition) is 2. The van der Waals surface area contributed by atoms with Crippen LogP contribution in [0.3, 0.4) is 0 Å². The van der Waals surface area contributed by atoms with E-state index in [1.54, 1.807) is 18.2 Å². The maximum atomic E-state index is 9.69. The van der Waals surface area contributed by atoms with E-state index in [0.717, 1.165) is 12.2 Å². The van der Waals surface area contributed by atoms with E-state index in [1.165, 1.54) is 5.56 Å². The minimum atomic E-state index is 0.160. The van der Waals surface area contributed by atoms with Crippen LogP contribution in [-0.4, -0.2) is 5.11 Å². The number of ether oxygens (including phenoxy) is 1. The smallest absolute Gasteiger partial charge is 0.123 e. The molecule has 0 aliphatic rings. The third kappa shape index (κ3) is 2.96. The second kappa shape index (κ2) is 5.78. The zero-order valence-corrected chi connectivity index (χ0v) is 10.9. The van der Waals surface area contributed by atoms with Gasteiger partial charge in [0, 0.05) is 5.56 Å². The molecule has 0 aliphatic carbocycles. The van der Waals surface area contributed by atoms with Crippen LogP contribution in [0.15, 0.2) is 42.5 Å². The molecule has 94 valence electrons.